The number of nitro groups is 1. The monoisotopic (exact) mass is 425 g/mol. The molecule has 2 N–H and O–H groups in total. The third kappa shape index (κ3) is 4.52. The van der Waals surface area contributed by atoms with Gasteiger partial charge in [0.05, 0.1) is 10.5 Å². The summed E-state index contributed by atoms with van der Waals surface area (Å²) in [6.07, 6.45) is 1.03. The number of nitro benzene ring substituents is 1. The van der Waals surface area contributed by atoms with Crippen LogP contribution in [0.3, 0.4) is 0 Å². The molecule has 2 atom stereocenters. The van der Waals surface area contributed by atoms with Gasteiger partial charge < -0.3 is 10.6 Å². The summed E-state index contributed by atoms with van der Waals surface area (Å²) in [6.45, 7) is 3.85. The Bertz CT molecular complexity index is 541. The largest absolute Gasteiger partial charge is 0.348 e. The number of nitrogens with one attached hydrogen (secondary N) is 2. The van der Waals surface area contributed by atoms with Crippen LogP contribution in [-0.4, -0.2) is 30.0 Å². The van der Waals surface area contributed by atoms with Gasteiger partial charge in [-0.05, 0) is 47.5 Å². The smallest absolute Gasteiger partial charge is 0.270 e. The van der Waals surface area contributed by atoms with E-state index < -0.39 is 4.92 Å². The maximum absolute atomic E-state index is 12.2. The maximum atomic E-state index is 12.2. The molecular weight excluding hydrogens is 409 g/mol. The van der Waals surface area contributed by atoms with Crippen molar-refractivity contribution in [2.24, 2.45) is 5.92 Å². The molecule has 116 valence electrons. The highest BCUT2D eigenvalue weighted by atomic mass is 127. The normalized spacial score (nSPS) is 21.2. The fourth-order valence-corrected chi connectivity index (χ4v) is 2.97. The lowest BCUT2D eigenvalue weighted by Crippen LogP contribution is -2.50. The molecule has 1 aliphatic heterocycles. The number of nitrogens with zero attached hydrogens (tertiary/aromatic N) is 1. The van der Waals surface area contributed by atoms with E-state index in [0.29, 0.717) is 15.1 Å². The highest BCUT2D eigenvalue weighted by Gasteiger charge is 2.24. The molecule has 0 radical (unpaired) electrons. The Balaban J connectivity index is 0.00000220. The minimum atomic E-state index is -0.461. The van der Waals surface area contributed by atoms with Crippen molar-refractivity contribution in [1.29, 1.82) is 0 Å². The molecule has 0 saturated carbocycles. The van der Waals surface area contributed by atoms with E-state index in [1.165, 1.54) is 18.2 Å². The fraction of sp³-hybridized carbons (Fsp3) is 0.462. The van der Waals surface area contributed by atoms with E-state index >= 15 is 0 Å². The van der Waals surface area contributed by atoms with Crippen molar-refractivity contribution in [2.45, 2.75) is 19.4 Å². The number of rotatable bonds is 3. The van der Waals surface area contributed by atoms with Gasteiger partial charge in [-0.25, -0.2) is 0 Å². The Morgan fingerprint density at radius 3 is 2.81 bits per heavy atom. The van der Waals surface area contributed by atoms with Gasteiger partial charge in [0.25, 0.3) is 11.6 Å². The molecule has 1 saturated heterocycles. The van der Waals surface area contributed by atoms with Crippen molar-refractivity contribution in [3.8, 4) is 0 Å². The molecule has 0 bridgehead atoms. The Hall–Kier alpha value is -0.930. The lowest BCUT2D eigenvalue weighted by atomic mass is 9.94. The third-order valence-electron chi connectivity index (χ3n) is 3.55. The minimum absolute atomic E-state index is 0. The highest BCUT2D eigenvalue weighted by Crippen LogP contribution is 2.20. The number of halogens is 2. The number of benzene rings is 1. The molecule has 0 aliphatic carbocycles. The third-order valence-corrected chi connectivity index (χ3v) is 4.44. The molecule has 2 unspecified atom stereocenters. The summed E-state index contributed by atoms with van der Waals surface area (Å²) in [7, 11) is 0. The molecule has 1 aromatic rings. The van der Waals surface area contributed by atoms with Crippen LogP contribution in [0.2, 0.25) is 0 Å². The van der Waals surface area contributed by atoms with Crippen LogP contribution >= 0.6 is 35.0 Å². The summed E-state index contributed by atoms with van der Waals surface area (Å²) in [5.41, 5.74) is 0.479. The van der Waals surface area contributed by atoms with Crippen molar-refractivity contribution in [1.82, 2.24) is 10.6 Å². The predicted molar refractivity (Wildman–Crippen MR) is 91.0 cm³/mol. The van der Waals surface area contributed by atoms with E-state index in [-0.39, 0.29) is 30.0 Å². The maximum Gasteiger partial charge on any atom is 0.270 e. The van der Waals surface area contributed by atoms with Crippen LogP contribution in [0, 0.1) is 19.6 Å². The van der Waals surface area contributed by atoms with E-state index in [0.717, 1.165) is 19.5 Å². The van der Waals surface area contributed by atoms with E-state index in [2.05, 4.69) is 17.6 Å². The zero-order chi connectivity index (χ0) is 14.7. The fourth-order valence-electron chi connectivity index (χ4n) is 2.23. The summed E-state index contributed by atoms with van der Waals surface area (Å²) in [6, 6.07) is 4.38. The minimum Gasteiger partial charge on any atom is -0.348 e. The molecule has 1 amide bonds. The van der Waals surface area contributed by atoms with Crippen LogP contribution in [0.25, 0.3) is 0 Å². The number of amides is 1. The van der Waals surface area contributed by atoms with Crippen LogP contribution < -0.4 is 10.6 Å². The number of carbonyl (C=O) groups is 1. The number of hydrogen-bond acceptors (Lipinski definition) is 4. The quantitative estimate of drug-likeness (QED) is 0.442. The average Bonchev–Trinajstić information content (AvgIpc) is 2.41. The molecule has 1 aliphatic rings. The topological polar surface area (TPSA) is 84.3 Å². The Kier molecular flexibility index (Phi) is 6.82. The zero-order valence-corrected chi connectivity index (χ0v) is 14.4. The molecule has 0 aromatic heterocycles. The van der Waals surface area contributed by atoms with Gasteiger partial charge in [-0.1, -0.05) is 6.92 Å². The van der Waals surface area contributed by atoms with Gasteiger partial charge >= 0.3 is 0 Å². The van der Waals surface area contributed by atoms with Gasteiger partial charge in [0.2, 0.25) is 0 Å². The Labute approximate surface area is 142 Å². The van der Waals surface area contributed by atoms with Crippen LogP contribution in [0.1, 0.15) is 23.7 Å². The second-order valence-corrected chi connectivity index (χ2v) is 6.13. The van der Waals surface area contributed by atoms with Crippen LogP contribution in [0.5, 0.6) is 0 Å². The average molecular weight is 426 g/mol. The first-order valence-corrected chi connectivity index (χ1v) is 7.52. The number of piperidine rings is 1. The molecule has 8 heteroatoms. The summed E-state index contributed by atoms with van der Waals surface area (Å²) in [5.74, 6) is 0.251. The molecule has 21 heavy (non-hydrogen) atoms. The van der Waals surface area contributed by atoms with Crippen LogP contribution in [0.4, 0.5) is 5.69 Å². The molecule has 1 fully saturated rings. The Morgan fingerprint density at radius 2 is 2.24 bits per heavy atom. The van der Waals surface area contributed by atoms with Crippen LogP contribution in [-0.2, 0) is 0 Å². The van der Waals surface area contributed by atoms with Gasteiger partial charge in [-0.2, -0.15) is 0 Å². The molecular formula is C13H17ClIN3O3. The van der Waals surface area contributed by atoms with E-state index in [1.54, 1.807) is 0 Å². The summed E-state index contributed by atoms with van der Waals surface area (Å²) >= 11 is 1.95. The molecule has 6 nitrogen and oxygen atoms in total. The van der Waals surface area contributed by atoms with Gasteiger partial charge in [-0.3, -0.25) is 14.9 Å². The predicted octanol–water partition coefficient (Wildman–Crippen LogP) is 2.35. The van der Waals surface area contributed by atoms with Gasteiger partial charge in [0.15, 0.2) is 0 Å². The number of non-ortho nitro benzene ring substituents is 1. The van der Waals surface area contributed by atoms with Gasteiger partial charge in [0.1, 0.15) is 0 Å². The highest BCUT2D eigenvalue weighted by molar-refractivity contribution is 14.1. The second kappa shape index (κ2) is 7.90. The summed E-state index contributed by atoms with van der Waals surface area (Å²) < 4.78 is 0.589. The van der Waals surface area contributed by atoms with Crippen molar-refractivity contribution < 1.29 is 9.72 Å². The Morgan fingerprint density at radius 1 is 1.52 bits per heavy atom. The molecule has 2 rings (SSSR count). The SMILES string of the molecule is CC1CCNCC1NC(=O)c1ccc([N+](=O)[O-])cc1I.Cl. The first kappa shape index (κ1) is 18.1. The van der Waals surface area contributed by atoms with Gasteiger partial charge in [-0.15, -0.1) is 12.4 Å². The number of carbonyl (C=O) groups excluding carboxylic acids is 1. The summed E-state index contributed by atoms with van der Waals surface area (Å²) in [4.78, 5) is 22.5. The number of hydrogen-bond donors (Lipinski definition) is 2. The molecule has 1 heterocycles. The lowest BCUT2D eigenvalue weighted by molar-refractivity contribution is -0.384. The molecule has 0 spiro atoms. The second-order valence-electron chi connectivity index (χ2n) is 4.97. The van der Waals surface area contributed by atoms with E-state index in [9.17, 15) is 14.9 Å². The standard InChI is InChI=1S/C13H16IN3O3.ClH/c1-8-4-5-15-7-12(8)16-13(18)10-3-2-9(17(19)20)6-11(10)14;/h2-3,6,8,12,15H,4-5,7H2,1H3,(H,16,18);1H. The zero-order valence-electron chi connectivity index (χ0n) is 11.5. The summed E-state index contributed by atoms with van der Waals surface area (Å²) in [5, 5.41) is 16.9. The van der Waals surface area contributed by atoms with Crippen LogP contribution in [0.15, 0.2) is 18.2 Å². The van der Waals surface area contributed by atoms with E-state index in [1.807, 2.05) is 22.6 Å². The molecule has 1 aromatic carbocycles. The van der Waals surface area contributed by atoms with Crippen molar-refractivity contribution >= 4 is 46.6 Å². The van der Waals surface area contributed by atoms with E-state index in [4.69, 9.17) is 0 Å². The van der Waals surface area contributed by atoms with Crippen molar-refractivity contribution in [2.75, 3.05) is 13.1 Å². The lowest BCUT2D eigenvalue weighted by Gasteiger charge is -2.30. The first-order valence-electron chi connectivity index (χ1n) is 6.44. The van der Waals surface area contributed by atoms with Crippen molar-refractivity contribution in [3.63, 3.8) is 0 Å². The first-order chi connectivity index (χ1) is 9.49. The van der Waals surface area contributed by atoms with Gasteiger partial charge in [0, 0.05) is 28.3 Å². The van der Waals surface area contributed by atoms with Crippen molar-refractivity contribution in [3.05, 3.63) is 37.4 Å².